The van der Waals surface area contributed by atoms with Crippen molar-refractivity contribution in [2.45, 2.75) is 45.4 Å². The van der Waals surface area contributed by atoms with Crippen molar-refractivity contribution in [2.75, 3.05) is 5.32 Å². The fourth-order valence-corrected chi connectivity index (χ4v) is 4.40. The second kappa shape index (κ2) is 5.20. The van der Waals surface area contributed by atoms with Crippen LogP contribution in [0.15, 0.2) is 0 Å². The summed E-state index contributed by atoms with van der Waals surface area (Å²) in [5.41, 5.74) is 7.17. The molecular weight excluding hydrogens is 272 g/mol. The highest BCUT2D eigenvalue weighted by atomic mass is 32.1. The van der Waals surface area contributed by atoms with Crippen LogP contribution in [-0.4, -0.2) is 11.8 Å². The highest BCUT2D eigenvalue weighted by Crippen LogP contribution is 2.40. The Balaban J connectivity index is 1.89. The molecule has 4 nitrogen and oxygen atoms in total. The average Bonchev–Trinajstić information content (AvgIpc) is 2.63. The molecule has 1 atom stereocenters. The first-order valence-electron chi connectivity index (χ1n) is 7.31. The van der Waals surface area contributed by atoms with Crippen LogP contribution in [-0.2, 0) is 17.6 Å². The number of carbonyl (C=O) groups excluding carboxylic acids is 2. The summed E-state index contributed by atoms with van der Waals surface area (Å²) >= 11 is 1.54. The van der Waals surface area contributed by atoms with Gasteiger partial charge in [0.05, 0.1) is 5.56 Å². The largest absolute Gasteiger partial charge is 0.365 e. The molecule has 0 spiro atoms. The minimum absolute atomic E-state index is 0.0467. The molecule has 20 heavy (non-hydrogen) atoms. The molecule has 0 unspecified atom stereocenters. The number of anilines is 1. The van der Waals surface area contributed by atoms with Crippen LogP contribution >= 0.6 is 11.3 Å². The van der Waals surface area contributed by atoms with Crippen LogP contribution in [0.4, 0.5) is 5.00 Å². The molecule has 1 heterocycles. The number of fused-ring (bicyclic) bond motifs is 1. The molecule has 1 saturated carbocycles. The summed E-state index contributed by atoms with van der Waals surface area (Å²) in [7, 11) is 0. The minimum atomic E-state index is -0.416. The molecule has 0 aromatic carbocycles. The van der Waals surface area contributed by atoms with E-state index in [9.17, 15) is 9.59 Å². The first-order valence-corrected chi connectivity index (χ1v) is 8.13. The van der Waals surface area contributed by atoms with Crippen molar-refractivity contribution < 1.29 is 9.59 Å². The van der Waals surface area contributed by atoms with Gasteiger partial charge in [0.2, 0.25) is 5.91 Å². The summed E-state index contributed by atoms with van der Waals surface area (Å²) < 4.78 is 0. The monoisotopic (exact) mass is 292 g/mol. The van der Waals surface area contributed by atoms with Gasteiger partial charge in [-0.3, -0.25) is 9.59 Å². The van der Waals surface area contributed by atoms with Crippen LogP contribution in [0.1, 0.15) is 53.4 Å². The van der Waals surface area contributed by atoms with Crippen molar-refractivity contribution >= 4 is 28.2 Å². The maximum Gasteiger partial charge on any atom is 0.251 e. The lowest BCUT2D eigenvalue weighted by Crippen LogP contribution is -2.28. The van der Waals surface area contributed by atoms with E-state index < -0.39 is 5.91 Å². The Morgan fingerprint density at radius 2 is 2.05 bits per heavy atom. The van der Waals surface area contributed by atoms with E-state index in [1.54, 1.807) is 11.3 Å². The molecule has 2 aliphatic carbocycles. The fraction of sp³-hybridized carbons (Fsp3) is 0.600. The summed E-state index contributed by atoms with van der Waals surface area (Å²) in [6, 6.07) is 0. The van der Waals surface area contributed by atoms with E-state index in [2.05, 4.69) is 12.2 Å². The number of rotatable bonds is 3. The Bertz CT molecular complexity index is 560. The van der Waals surface area contributed by atoms with Crippen LogP contribution < -0.4 is 11.1 Å². The molecule has 0 saturated heterocycles. The van der Waals surface area contributed by atoms with Gasteiger partial charge in [0.1, 0.15) is 5.00 Å². The van der Waals surface area contributed by atoms with Crippen LogP contribution in [0, 0.1) is 11.8 Å². The Hall–Kier alpha value is -1.36. The zero-order chi connectivity index (χ0) is 14.3. The van der Waals surface area contributed by atoms with E-state index in [0.717, 1.165) is 44.1 Å². The zero-order valence-electron chi connectivity index (χ0n) is 11.7. The molecular formula is C15H20N2O2S. The topological polar surface area (TPSA) is 72.2 Å². The van der Waals surface area contributed by atoms with Gasteiger partial charge in [-0.25, -0.2) is 0 Å². The van der Waals surface area contributed by atoms with E-state index in [4.69, 9.17) is 5.73 Å². The van der Waals surface area contributed by atoms with Crippen molar-refractivity contribution in [1.82, 2.24) is 0 Å². The molecule has 0 bridgehead atoms. The first-order chi connectivity index (χ1) is 9.56. The van der Waals surface area contributed by atoms with Crippen LogP contribution in [0.2, 0.25) is 0 Å². The molecule has 108 valence electrons. The van der Waals surface area contributed by atoms with Gasteiger partial charge in [-0.2, -0.15) is 0 Å². The van der Waals surface area contributed by atoms with Crippen LogP contribution in [0.3, 0.4) is 0 Å². The Kier molecular flexibility index (Phi) is 3.54. The molecule has 3 rings (SSSR count). The minimum Gasteiger partial charge on any atom is -0.365 e. The maximum atomic E-state index is 12.1. The normalized spacial score (nSPS) is 21.9. The van der Waals surface area contributed by atoms with Crippen LogP contribution in [0.5, 0.6) is 0 Å². The molecule has 1 fully saturated rings. The van der Waals surface area contributed by atoms with Crippen molar-refractivity contribution in [3.63, 3.8) is 0 Å². The van der Waals surface area contributed by atoms with Crippen molar-refractivity contribution in [2.24, 2.45) is 17.6 Å². The van der Waals surface area contributed by atoms with Gasteiger partial charge in [-0.05, 0) is 43.6 Å². The van der Waals surface area contributed by atoms with Crippen molar-refractivity contribution in [3.05, 3.63) is 16.0 Å². The van der Waals surface area contributed by atoms with Gasteiger partial charge in [0.25, 0.3) is 5.91 Å². The highest BCUT2D eigenvalue weighted by molar-refractivity contribution is 7.17. The molecule has 2 aliphatic rings. The number of carbonyl (C=O) groups is 2. The smallest absolute Gasteiger partial charge is 0.251 e. The summed E-state index contributed by atoms with van der Waals surface area (Å²) in [5, 5.41) is 3.62. The predicted molar refractivity (Wildman–Crippen MR) is 80.0 cm³/mol. The summed E-state index contributed by atoms with van der Waals surface area (Å²) in [6.07, 6.45) is 6.00. The van der Waals surface area contributed by atoms with Gasteiger partial charge in [0.15, 0.2) is 0 Å². The third-order valence-electron chi connectivity index (χ3n) is 4.47. The van der Waals surface area contributed by atoms with Gasteiger partial charge in [-0.1, -0.05) is 13.3 Å². The second-order valence-corrected chi connectivity index (χ2v) is 7.14. The lowest BCUT2D eigenvalue weighted by atomic mass is 9.85. The van der Waals surface area contributed by atoms with Gasteiger partial charge in [-0.15, -0.1) is 11.3 Å². The molecule has 0 radical (unpaired) electrons. The molecule has 2 amide bonds. The molecule has 0 aliphatic heterocycles. The highest BCUT2D eigenvalue weighted by Gasteiger charge is 2.30. The zero-order valence-corrected chi connectivity index (χ0v) is 12.5. The van der Waals surface area contributed by atoms with Gasteiger partial charge >= 0.3 is 0 Å². The number of amides is 2. The average molecular weight is 292 g/mol. The first kappa shape index (κ1) is 13.6. The van der Waals surface area contributed by atoms with Gasteiger partial charge in [0, 0.05) is 10.8 Å². The Morgan fingerprint density at radius 1 is 1.30 bits per heavy atom. The quantitative estimate of drug-likeness (QED) is 0.899. The molecule has 1 aromatic heterocycles. The number of nitrogens with one attached hydrogen (secondary N) is 1. The standard InChI is InChI=1S/C15H20N2O2S/c1-8-5-6-10-11(7-8)20-15(12(10)13(16)18)17-14(19)9-3-2-4-9/h8-9H,2-7H2,1H3,(H2,16,18)(H,17,19)/t8-/m0/s1. The predicted octanol–water partition coefficient (Wildman–Crippen LogP) is 2.71. The number of hydrogen-bond donors (Lipinski definition) is 2. The Labute approximate surface area is 122 Å². The van der Waals surface area contributed by atoms with Gasteiger partial charge < -0.3 is 11.1 Å². The van der Waals surface area contributed by atoms with Crippen LogP contribution in [0.25, 0.3) is 0 Å². The fourth-order valence-electron chi connectivity index (χ4n) is 2.98. The van der Waals surface area contributed by atoms with E-state index in [1.165, 1.54) is 4.88 Å². The maximum absolute atomic E-state index is 12.1. The Morgan fingerprint density at radius 3 is 2.65 bits per heavy atom. The molecule has 3 N–H and O–H groups in total. The second-order valence-electron chi connectivity index (χ2n) is 6.04. The third-order valence-corrected chi connectivity index (χ3v) is 5.64. The lowest BCUT2D eigenvalue weighted by Gasteiger charge is -2.23. The number of thiophene rings is 1. The van der Waals surface area contributed by atoms with Crippen molar-refractivity contribution in [1.29, 1.82) is 0 Å². The van der Waals surface area contributed by atoms with E-state index in [1.807, 2.05) is 0 Å². The SMILES string of the molecule is C[C@H]1CCc2c(sc(NC(=O)C3CCC3)c2C(N)=O)C1. The summed E-state index contributed by atoms with van der Waals surface area (Å²) in [5.74, 6) is 0.386. The summed E-state index contributed by atoms with van der Waals surface area (Å²) in [4.78, 5) is 25.1. The number of hydrogen-bond acceptors (Lipinski definition) is 3. The van der Waals surface area contributed by atoms with Crippen molar-refractivity contribution in [3.8, 4) is 0 Å². The number of nitrogens with two attached hydrogens (primary N) is 1. The van der Waals surface area contributed by atoms with E-state index in [0.29, 0.717) is 16.5 Å². The van der Waals surface area contributed by atoms with E-state index >= 15 is 0 Å². The lowest BCUT2D eigenvalue weighted by molar-refractivity contribution is -0.122. The molecule has 5 heteroatoms. The summed E-state index contributed by atoms with van der Waals surface area (Å²) in [6.45, 7) is 2.22. The molecule has 1 aromatic rings. The van der Waals surface area contributed by atoms with E-state index in [-0.39, 0.29) is 11.8 Å². The third kappa shape index (κ3) is 2.35. The number of primary amides is 1.